The molecule has 2 aromatic heterocycles. The van der Waals surface area contributed by atoms with Crippen LogP contribution in [0.3, 0.4) is 0 Å². The topological polar surface area (TPSA) is 102 Å². The van der Waals surface area contributed by atoms with E-state index >= 15 is 0 Å². The van der Waals surface area contributed by atoms with Crippen molar-refractivity contribution in [2.75, 3.05) is 26.7 Å². The summed E-state index contributed by atoms with van der Waals surface area (Å²) < 4.78 is 0. The molecule has 184 valence electrons. The maximum atomic E-state index is 12.9. The third kappa shape index (κ3) is 5.67. The number of benzene rings is 1. The number of aromatic nitrogens is 2. The zero-order chi connectivity index (χ0) is 22.2. The summed E-state index contributed by atoms with van der Waals surface area (Å²) in [5.74, 6) is -0.378. The van der Waals surface area contributed by atoms with Crippen molar-refractivity contribution in [3.8, 4) is 0 Å². The summed E-state index contributed by atoms with van der Waals surface area (Å²) in [5.41, 5.74) is 2.36. The smallest absolute Gasteiger partial charge is 0.280 e. The van der Waals surface area contributed by atoms with E-state index < -0.39 is 0 Å². The molecule has 12 heteroatoms. The number of fused-ring (bicyclic) bond motifs is 2. The van der Waals surface area contributed by atoms with Crippen LogP contribution in [0.5, 0.6) is 0 Å². The molecule has 2 aliphatic heterocycles. The van der Waals surface area contributed by atoms with Crippen molar-refractivity contribution in [1.29, 1.82) is 0 Å². The molecule has 2 aliphatic rings. The van der Waals surface area contributed by atoms with Gasteiger partial charge >= 0.3 is 0 Å². The van der Waals surface area contributed by atoms with Gasteiger partial charge in [0.25, 0.3) is 11.8 Å². The summed E-state index contributed by atoms with van der Waals surface area (Å²) in [5, 5.41) is 11.5. The number of halogens is 3. The highest BCUT2D eigenvalue weighted by Crippen LogP contribution is 2.25. The summed E-state index contributed by atoms with van der Waals surface area (Å²) in [6.07, 6.45) is 1.59. The van der Waals surface area contributed by atoms with E-state index in [0.717, 1.165) is 53.9 Å². The van der Waals surface area contributed by atoms with E-state index in [0.29, 0.717) is 22.3 Å². The van der Waals surface area contributed by atoms with Crippen molar-refractivity contribution >= 4 is 70.5 Å². The molecule has 0 saturated carbocycles. The molecule has 5 rings (SSSR count). The van der Waals surface area contributed by atoms with Gasteiger partial charge in [-0.15, -0.1) is 36.2 Å². The number of rotatable bonds is 4. The molecule has 0 aliphatic carbocycles. The number of hydrogen-bond donors (Lipinski definition) is 4. The highest BCUT2D eigenvalue weighted by atomic mass is 35.5. The van der Waals surface area contributed by atoms with Crippen LogP contribution >= 0.6 is 47.8 Å². The molecule has 0 radical (unpaired) electrons. The normalized spacial score (nSPS) is 20.1. The molecule has 2 amide bonds. The highest BCUT2D eigenvalue weighted by molar-refractivity contribution is 7.13. The van der Waals surface area contributed by atoms with Gasteiger partial charge < -0.3 is 25.8 Å². The lowest BCUT2D eigenvalue weighted by molar-refractivity contribution is 0.0866. The number of piperidine rings is 1. The first-order chi connectivity index (χ1) is 15.5. The SMILES string of the molecule is CN1CCc2nc(C(=O)N[C@@H]3CNCC[C@@H]3NC(=O)c3cc4cc(Cl)ccc4[nH]3)sc2C1.Cl.Cl. The van der Waals surface area contributed by atoms with Gasteiger partial charge in [-0.2, -0.15) is 0 Å². The minimum absolute atomic E-state index is 0. The molecule has 4 heterocycles. The molecule has 1 saturated heterocycles. The fraction of sp³-hybridized carbons (Fsp3) is 0.409. The van der Waals surface area contributed by atoms with Crippen molar-refractivity contribution < 1.29 is 9.59 Å². The molecule has 2 atom stereocenters. The van der Waals surface area contributed by atoms with Gasteiger partial charge in [0, 0.05) is 46.9 Å². The zero-order valence-corrected chi connectivity index (χ0v) is 21.7. The van der Waals surface area contributed by atoms with Crippen molar-refractivity contribution in [3.05, 3.63) is 50.6 Å². The van der Waals surface area contributed by atoms with E-state index in [4.69, 9.17) is 11.6 Å². The van der Waals surface area contributed by atoms with Crippen LogP contribution < -0.4 is 16.0 Å². The molecule has 0 unspecified atom stereocenters. The summed E-state index contributed by atoms with van der Waals surface area (Å²) in [6, 6.07) is 6.86. The number of aromatic amines is 1. The summed E-state index contributed by atoms with van der Waals surface area (Å²) >= 11 is 7.52. The molecule has 8 nitrogen and oxygen atoms in total. The molecular formula is C22H27Cl3N6O2S. The summed E-state index contributed by atoms with van der Waals surface area (Å²) in [7, 11) is 2.07. The fourth-order valence-corrected chi connectivity index (χ4v) is 5.58. The number of nitrogens with zero attached hydrogens (tertiary/aromatic N) is 2. The average molecular weight is 546 g/mol. The van der Waals surface area contributed by atoms with Gasteiger partial charge in [0.15, 0.2) is 5.01 Å². The van der Waals surface area contributed by atoms with Gasteiger partial charge in [-0.3, -0.25) is 9.59 Å². The van der Waals surface area contributed by atoms with Crippen LogP contribution in [0.25, 0.3) is 10.9 Å². The third-order valence-corrected chi connectivity index (χ3v) is 7.38. The average Bonchev–Trinajstić information content (AvgIpc) is 3.38. The third-order valence-electron chi connectivity index (χ3n) is 6.06. The lowest BCUT2D eigenvalue weighted by atomic mass is 10.0. The van der Waals surface area contributed by atoms with E-state index in [1.54, 1.807) is 12.1 Å². The fourth-order valence-electron chi connectivity index (χ4n) is 4.31. The Morgan fingerprint density at radius 1 is 1.18 bits per heavy atom. The van der Waals surface area contributed by atoms with E-state index in [9.17, 15) is 9.59 Å². The second kappa shape index (κ2) is 11.2. The van der Waals surface area contributed by atoms with Crippen LogP contribution in [-0.2, 0) is 13.0 Å². The minimum Gasteiger partial charge on any atom is -0.351 e. The standard InChI is InChI=1S/C22H25ClN6O2S.2ClH/c1-29-7-5-16-19(11-29)32-22(28-16)21(31)27-18-10-24-6-4-15(18)26-20(30)17-9-12-8-13(23)2-3-14(12)25-17;;/h2-3,8-9,15,18,24-25H,4-7,10-11H2,1H3,(H,26,30)(H,27,31);2*1H/t15-,18+;;/m0../s1. The Labute approximate surface area is 219 Å². The van der Waals surface area contributed by atoms with E-state index in [1.165, 1.54) is 11.3 Å². The monoisotopic (exact) mass is 544 g/mol. The Bertz CT molecular complexity index is 1180. The number of thiazole rings is 1. The predicted octanol–water partition coefficient (Wildman–Crippen LogP) is 3.00. The largest absolute Gasteiger partial charge is 0.351 e. The number of nitrogens with one attached hydrogen (secondary N) is 4. The summed E-state index contributed by atoms with van der Waals surface area (Å²) in [4.78, 5) is 36.9. The zero-order valence-electron chi connectivity index (χ0n) is 18.5. The first kappa shape index (κ1) is 26.7. The Balaban J connectivity index is 0.00000162. The Hall–Kier alpha value is -1.88. The number of H-pyrrole nitrogens is 1. The van der Waals surface area contributed by atoms with Crippen LogP contribution in [-0.4, -0.2) is 65.4 Å². The first-order valence-electron chi connectivity index (χ1n) is 10.7. The lowest BCUT2D eigenvalue weighted by Gasteiger charge is -2.33. The molecule has 4 N–H and O–H groups in total. The molecule has 34 heavy (non-hydrogen) atoms. The van der Waals surface area contributed by atoms with Crippen molar-refractivity contribution in [3.63, 3.8) is 0 Å². The molecular weight excluding hydrogens is 519 g/mol. The highest BCUT2D eigenvalue weighted by Gasteiger charge is 2.30. The second-order valence-corrected chi connectivity index (χ2v) is 9.96. The Kier molecular flexibility index (Phi) is 8.83. The summed E-state index contributed by atoms with van der Waals surface area (Å²) in [6.45, 7) is 3.16. The van der Waals surface area contributed by atoms with Crippen LogP contribution in [0, 0.1) is 0 Å². The second-order valence-electron chi connectivity index (χ2n) is 8.44. The maximum Gasteiger partial charge on any atom is 0.280 e. The van der Waals surface area contributed by atoms with Gasteiger partial charge in [0.1, 0.15) is 5.69 Å². The van der Waals surface area contributed by atoms with Crippen LogP contribution in [0.1, 0.15) is 37.3 Å². The quantitative estimate of drug-likeness (QED) is 0.404. The molecule has 3 aromatic rings. The number of carbonyl (C=O) groups excluding carboxylic acids is 2. The van der Waals surface area contributed by atoms with Crippen LogP contribution in [0.4, 0.5) is 0 Å². The van der Waals surface area contributed by atoms with Crippen molar-refractivity contribution in [1.82, 2.24) is 30.8 Å². The minimum atomic E-state index is -0.220. The first-order valence-corrected chi connectivity index (χ1v) is 11.9. The Morgan fingerprint density at radius 3 is 2.79 bits per heavy atom. The predicted molar refractivity (Wildman–Crippen MR) is 140 cm³/mol. The Morgan fingerprint density at radius 2 is 1.97 bits per heavy atom. The van der Waals surface area contributed by atoms with Gasteiger partial charge in [0.2, 0.25) is 0 Å². The molecule has 1 fully saturated rings. The van der Waals surface area contributed by atoms with Gasteiger partial charge in [0.05, 0.1) is 17.8 Å². The van der Waals surface area contributed by atoms with E-state index in [2.05, 4.69) is 37.9 Å². The molecule has 0 bridgehead atoms. The van der Waals surface area contributed by atoms with Crippen LogP contribution in [0.15, 0.2) is 24.3 Å². The number of likely N-dealkylation sites (N-methyl/N-ethyl adjacent to an activating group) is 1. The van der Waals surface area contributed by atoms with Gasteiger partial charge in [-0.25, -0.2) is 4.98 Å². The molecule has 1 aromatic carbocycles. The van der Waals surface area contributed by atoms with Gasteiger partial charge in [-0.1, -0.05) is 11.6 Å². The van der Waals surface area contributed by atoms with E-state index in [-0.39, 0.29) is 48.7 Å². The molecule has 0 spiro atoms. The van der Waals surface area contributed by atoms with Crippen molar-refractivity contribution in [2.45, 2.75) is 31.5 Å². The number of hydrogen-bond acceptors (Lipinski definition) is 6. The maximum absolute atomic E-state index is 12.9. The van der Waals surface area contributed by atoms with Gasteiger partial charge in [-0.05, 0) is 44.3 Å². The number of carbonyl (C=O) groups is 2. The number of amides is 2. The van der Waals surface area contributed by atoms with Crippen LogP contribution in [0.2, 0.25) is 5.02 Å². The van der Waals surface area contributed by atoms with Crippen molar-refractivity contribution in [2.24, 2.45) is 0 Å². The lowest BCUT2D eigenvalue weighted by Crippen LogP contribution is -2.59. The van der Waals surface area contributed by atoms with E-state index in [1.807, 2.05) is 12.1 Å².